The zero-order chi connectivity index (χ0) is 15.9. The predicted molar refractivity (Wildman–Crippen MR) is 97.0 cm³/mol. The maximum Gasteiger partial charge on any atom is 0.122 e. The SMILES string of the molecule is COc1ccccc1[C@H](CCc1ccccc1)C1=CCCCC1. The third kappa shape index (κ3) is 4.04. The Balaban J connectivity index is 1.85. The zero-order valence-corrected chi connectivity index (χ0v) is 14.0. The van der Waals surface area contributed by atoms with Gasteiger partial charge < -0.3 is 4.74 Å². The Labute approximate surface area is 140 Å². The fourth-order valence-electron chi connectivity index (χ4n) is 3.63. The molecule has 23 heavy (non-hydrogen) atoms. The number of rotatable bonds is 6. The van der Waals surface area contributed by atoms with Gasteiger partial charge in [0.15, 0.2) is 0 Å². The van der Waals surface area contributed by atoms with Crippen molar-refractivity contribution in [2.45, 2.75) is 44.4 Å². The fourth-order valence-corrected chi connectivity index (χ4v) is 3.63. The Morgan fingerprint density at radius 2 is 1.74 bits per heavy atom. The van der Waals surface area contributed by atoms with Crippen molar-refractivity contribution in [1.82, 2.24) is 0 Å². The third-order valence-corrected chi connectivity index (χ3v) is 4.85. The second-order valence-corrected chi connectivity index (χ2v) is 6.34. The highest BCUT2D eigenvalue weighted by atomic mass is 16.5. The van der Waals surface area contributed by atoms with Crippen LogP contribution < -0.4 is 4.74 Å². The molecule has 2 aromatic carbocycles. The molecule has 0 radical (unpaired) electrons. The first kappa shape index (κ1) is 15.9. The van der Waals surface area contributed by atoms with Crippen molar-refractivity contribution in [3.05, 3.63) is 77.4 Å². The van der Waals surface area contributed by atoms with E-state index in [-0.39, 0.29) is 0 Å². The van der Waals surface area contributed by atoms with Crippen LogP contribution in [0.3, 0.4) is 0 Å². The quantitative estimate of drug-likeness (QED) is 0.603. The zero-order valence-electron chi connectivity index (χ0n) is 14.0. The molecule has 3 rings (SSSR count). The molecule has 1 heteroatoms. The lowest BCUT2D eigenvalue weighted by atomic mass is 9.81. The maximum atomic E-state index is 5.64. The van der Waals surface area contributed by atoms with Crippen molar-refractivity contribution in [2.75, 3.05) is 7.11 Å². The van der Waals surface area contributed by atoms with Crippen LogP contribution in [-0.4, -0.2) is 7.11 Å². The van der Waals surface area contributed by atoms with E-state index in [4.69, 9.17) is 4.74 Å². The Morgan fingerprint density at radius 1 is 0.957 bits per heavy atom. The van der Waals surface area contributed by atoms with Crippen molar-refractivity contribution < 1.29 is 4.74 Å². The number of hydrogen-bond acceptors (Lipinski definition) is 1. The lowest BCUT2D eigenvalue weighted by Gasteiger charge is -2.25. The molecule has 0 saturated carbocycles. The number of allylic oxidation sites excluding steroid dienone is 2. The summed E-state index contributed by atoms with van der Waals surface area (Å²) in [4.78, 5) is 0. The van der Waals surface area contributed by atoms with Crippen LogP contribution in [0.25, 0.3) is 0 Å². The first-order valence-corrected chi connectivity index (χ1v) is 8.74. The van der Waals surface area contributed by atoms with E-state index < -0.39 is 0 Å². The molecule has 0 bridgehead atoms. The average Bonchev–Trinajstić information content (AvgIpc) is 2.64. The summed E-state index contributed by atoms with van der Waals surface area (Å²) in [7, 11) is 1.78. The normalized spacial score (nSPS) is 15.8. The second kappa shape index (κ2) is 8.01. The minimum absolute atomic E-state index is 0.478. The van der Waals surface area contributed by atoms with Gasteiger partial charge >= 0.3 is 0 Å². The lowest BCUT2D eigenvalue weighted by molar-refractivity contribution is 0.405. The number of ether oxygens (including phenoxy) is 1. The monoisotopic (exact) mass is 306 g/mol. The number of benzene rings is 2. The van der Waals surface area contributed by atoms with Gasteiger partial charge in [0.1, 0.15) is 5.75 Å². The largest absolute Gasteiger partial charge is 0.496 e. The summed E-state index contributed by atoms with van der Waals surface area (Å²) >= 11 is 0. The van der Waals surface area contributed by atoms with Crippen LogP contribution in [0.2, 0.25) is 0 Å². The van der Waals surface area contributed by atoms with Gasteiger partial charge in [-0.3, -0.25) is 0 Å². The topological polar surface area (TPSA) is 9.23 Å². The number of para-hydroxylation sites is 1. The van der Waals surface area contributed by atoms with Crippen molar-refractivity contribution in [2.24, 2.45) is 0 Å². The Kier molecular flexibility index (Phi) is 5.52. The Bertz CT molecular complexity index is 642. The Morgan fingerprint density at radius 3 is 2.48 bits per heavy atom. The summed E-state index contributed by atoms with van der Waals surface area (Å²) in [5.41, 5.74) is 4.37. The molecule has 1 nitrogen and oxygen atoms in total. The molecular weight excluding hydrogens is 280 g/mol. The molecule has 0 unspecified atom stereocenters. The highest BCUT2D eigenvalue weighted by Crippen LogP contribution is 2.39. The molecule has 0 aromatic heterocycles. The molecule has 0 saturated heterocycles. The molecule has 0 aliphatic heterocycles. The van der Waals surface area contributed by atoms with Crippen LogP contribution in [0.4, 0.5) is 0 Å². The van der Waals surface area contributed by atoms with Gasteiger partial charge in [0, 0.05) is 11.5 Å². The van der Waals surface area contributed by atoms with Crippen LogP contribution in [0.5, 0.6) is 5.75 Å². The Hall–Kier alpha value is -2.02. The summed E-state index contributed by atoms with van der Waals surface area (Å²) in [5.74, 6) is 1.50. The van der Waals surface area contributed by atoms with Crippen LogP contribution in [0.1, 0.15) is 49.1 Å². The van der Waals surface area contributed by atoms with E-state index in [9.17, 15) is 0 Å². The molecule has 1 aliphatic carbocycles. The van der Waals surface area contributed by atoms with Gasteiger partial charge in [0.25, 0.3) is 0 Å². The van der Waals surface area contributed by atoms with E-state index in [0.29, 0.717) is 5.92 Å². The molecule has 0 amide bonds. The lowest BCUT2D eigenvalue weighted by Crippen LogP contribution is -2.09. The molecule has 0 fully saturated rings. The van der Waals surface area contributed by atoms with Gasteiger partial charge in [-0.25, -0.2) is 0 Å². The van der Waals surface area contributed by atoms with Crippen LogP contribution in [-0.2, 0) is 6.42 Å². The van der Waals surface area contributed by atoms with E-state index >= 15 is 0 Å². The summed E-state index contributed by atoms with van der Waals surface area (Å²) in [6, 6.07) is 19.3. The van der Waals surface area contributed by atoms with Gasteiger partial charge in [-0.05, 0) is 50.2 Å². The second-order valence-electron chi connectivity index (χ2n) is 6.34. The highest BCUT2D eigenvalue weighted by Gasteiger charge is 2.21. The number of methoxy groups -OCH3 is 1. The molecular formula is C22H26O. The van der Waals surface area contributed by atoms with E-state index in [1.54, 1.807) is 12.7 Å². The van der Waals surface area contributed by atoms with E-state index in [1.807, 2.05) is 0 Å². The number of aryl methyl sites for hydroxylation is 1. The molecule has 0 spiro atoms. The standard InChI is InChI=1S/C22H26O/c1-23-22-15-9-8-14-21(22)20(19-12-6-3-7-13-19)17-16-18-10-4-2-5-11-18/h2,4-5,8-12,14-15,20H,3,6-7,13,16-17H2,1H3/t20-/m1/s1. The van der Waals surface area contributed by atoms with Gasteiger partial charge in [0.05, 0.1) is 7.11 Å². The van der Waals surface area contributed by atoms with E-state index in [2.05, 4.69) is 60.7 Å². The fraction of sp³-hybridized carbons (Fsp3) is 0.364. The number of hydrogen-bond donors (Lipinski definition) is 0. The minimum atomic E-state index is 0.478. The molecule has 0 N–H and O–H groups in total. The van der Waals surface area contributed by atoms with Gasteiger partial charge in [0.2, 0.25) is 0 Å². The minimum Gasteiger partial charge on any atom is -0.496 e. The summed E-state index contributed by atoms with van der Waals surface area (Å²) < 4.78 is 5.64. The van der Waals surface area contributed by atoms with Gasteiger partial charge in [-0.15, -0.1) is 0 Å². The van der Waals surface area contributed by atoms with Crippen molar-refractivity contribution >= 4 is 0 Å². The summed E-state index contributed by atoms with van der Waals surface area (Å²) in [5, 5.41) is 0. The first-order valence-electron chi connectivity index (χ1n) is 8.74. The molecule has 1 aliphatic rings. The first-order chi connectivity index (χ1) is 11.4. The smallest absolute Gasteiger partial charge is 0.122 e. The van der Waals surface area contributed by atoms with Crippen LogP contribution in [0, 0.1) is 0 Å². The van der Waals surface area contributed by atoms with Gasteiger partial charge in [-0.1, -0.05) is 60.2 Å². The maximum absolute atomic E-state index is 5.64. The van der Waals surface area contributed by atoms with Crippen LogP contribution >= 0.6 is 0 Å². The van der Waals surface area contributed by atoms with Gasteiger partial charge in [-0.2, -0.15) is 0 Å². The molecule has 1 atom stereocenters. The summed E-state index contributed by atoms with van der Waals surface area (Å²) in [6.07, 6.45) is 9.86. The highest BCUT2D eigenvalue weighted by molar-refractivity contribution is 5.41. The summed E-state index contributed by atoms with van der Waals surface area (Å²) in [6.45, 7) is 0. The van der Waals surface area contributed by atoms with Crippen molar-refractivity contribution in [3.8, 4) is 5.75 Å². The molecule has 120 valence electrons. The van der Waals surface area contributed by atoms with E-state index in [0.717, 1.165) is 18.6 Å². The van der Waals surface area contributed by atoms with Crippen LogP contribution in [0.15, 0.2) is 66.2 Å². The third-order valence-electron chi connectivity index (χ3n) is 4.85. The van der Waals surface area contributed by atoms with E-state index in [1.165, 1.54) is 36.8 Å². The van der Waals surface area contributed by atoms with Crippen molar-refractivity contribution in [1.29, 1.82) is 0 Å². The average molecular weight is 306 g/mol. The predicted octanol–water partition coefficient (Wildman–Crippen LogP) is 5.91. The molecule has 2 aromatic rings. The molecule has 0 heterocycles. The van der Waals surface area contributed by atoms with Crippen molar-refractivity contribution in [3.63, 3.8) is 0 Å².